The van der Waals surface area contributed by atoms with Crippen molar-refractivity contribution in [2.45, 2.75) is 26.1 Å². The Morgan fingerprint density at radius 2 is 2.16 bits per heavy atom. The Kier molecular flexibility index (Phi) is 4.01. The first-order valence-electron chi connectivity index (χ1n) is 7.39. The van der Waals surface area contributed by atoms with E-state index in [1.807, 2.05) is 0 Å². The molecule has 2 aromatic rings. The molecular weight excluding hydrogens is 341 g/mol. The van der Waals surface area contributed by atoms with E-state index >= 15 is 0 Å². The van der Waals surface area contributed by atoms with Crippen LogP contribution in [0.3, 0.4) is 0 Å². The molecule has 11 heteroatoms. The minimum Gasteiger partial charge on any atom is -0.463 e. The number of allylic oxidation sites excluding steroid dienone is 1. The maximum atomic E-state index is 13.6. The molecule has 0 fully saturated rings. The average Bonchev–Trinajstić information content (AvgIpc) is 3.10. The second-order valence-corrected chi connectivity index (χ2v) is 5.41. The van der Waals surface area contributed by atoms with E-state index in [4.69, 9.17) is 4.74 Å². The molecule has 0 saturated heterocycles. The summed E-state index contributed by atoms with van der Waals surface area (Å²) < 4.78 is 48.3. The second-order valence-electron chi connectivity index (χ2n) is 5.41. The average molecular weight is 356 g/mol. The molecule has 0 bridgehead atoms. The summed E-state index contributed by atoms with van der Waals surface area (Å²) >= 11 is 0. The van der Waals surface area contributed by atoms with Gasteiger partial charge in [-0.05, 0) is 13.8 Å². The highest BCUT2D eigenvalue weighted by molar-refractivity contribution is 5.92. The van der Waals surface area contributed by atoms with Crippen LogP contribution in [-0.4, -0.2) is 43.3 Å². The number of nitrogens with zero attached hydrogens (tertiary/aromatic N) is 5. The first-order chi connectivity index (χ1) is 11.7. The van der Waals surface area contributed by atoms with Gasteiger partial charge in [-0.15, -0.1) is 0 Å². The van der Waals surface area contributed by atoms with Crippen molar-refractivity contribution in [1.82, 2.24) is 24.5 Å². The lowest BCUT2D eigenvalue weighted by Crippen LogP contribution is -2.35. The molecule has 3 heterocycles. The van der Waals surface area contributed by atoms with Gasteiger partial charge in [0.25, 0.3) is 0 Å². The zero-order chi connectivity index (χ0) is 18.4. The number of fused-ring (bicyclic) bond motifs is 1. The molecule has 25 heavy (non-hydrogen) atoms. The molecule has 1 N–H and O–H groups in total. The zero-order valence-electron chi connectivity index (χ0n) is 13.6. The Bertz CT molecular complexity index is 851. The van der Waals surface area contributed by atoms with E-state index in [9.17, 15) is 18.0 Å². The summed E-state index contributed by atoms with van der Waals surface area (Å²) in [6.45, 7) is 3.10. The van der Waals surface area contributed by atoms with Gasteiger partial charge in [-0.3, -0.25) is 4.68 Å². The number of nitrogens with one attached hydrogen (secondary N) is 1. The number of alkyl halides is 3. The van der Waals surface area contributed by atoms with Crippen LogP contribution in [0.1, 0.15) is 24.2 Å². The number of ether oxygens (including phenoxy) is 1. The maximum absolute atomic E-state index is 13.6. The number of carbonyl (C=O) groups is 1. The van der Waals surface area contributed by atoms with E-state index in [-0.39, 0.29) is 12.6 Å². The fraction of sp³-hybridized carbons (Fsp3) is 0.429. The smallest absolute Gasteiger partial charge is 0.431 e. The second kappa shape index (κ2) is 5.90. The minimum absolute atomic E-state index is 0.0591. The Morgan fingerprint density at radius 3 is 2.72 bits per heavy atom. The molecule has 1 atom stereocenters. The number of esters is 1. The molecule has 0 radical (unpaired) electrons. The molecule has 0 aliphatic carbocycles. The lowest BCUT2D eigenvalue weighted by atomic mass is 9.95. The molecule has 3 rings (SSSR count). The Hall–Kier alpha value is -2.85. The summed E-state index contributed by atoms with van der Waals surface area (Å²) in [5.41, 5.74) is -0.914. The maximum Gasteiger partial charge on any atom is 0.431 e. The van der Waals surface area contributed by atoms with Gasteiger partial charge in [-0.25, -0.2) is 9.48 Å². The summed E-state index contributed by atoms with van der Waals surface area (Å²) in [6.07, 6.45) is -2.14. The molecule has 2 aromatic heterocycles. The van der Waals surface area contributed by atoms with Gasteiger partial charge in [0, 0.05) is 18.8 Å². The lowest BCUT2D eigenvalue weighted by Gasteiger charge is -2.29. The SMILES string of the molecule is CCOC(=O)C1=C(C(F)(F)F)Nc2ncnn2[C@H]1c1cn(C)nc1C. The molecule has 8 nitrogen and oxygen atoms in total. The van der Waals surface area contributed by atoms with E-state index in [1.54, 1.807) is 20.2 Å². The number of aromatic nitrogens is 5. The first-order valence-corrected chi connectivity index (χ1v) is 7.39. The summed E-state index contributed by atoms with van der Waals surface area (Å²) in [4.78, 5) is 16.2. The number of carbonyl (C=O) groups excluding carboxylic acids is 1. The quantitative estimate of drug-likeness (QED) is 0.843. The van der Waals surface area contributed by atoms with E-state index < -0.39 is 29.5 Å². The molecule has 1 aliphatic rings. The predicted octanol–water partition coefficient (Wildman–Crippen LogP) is 1.71. The van der Waals surface area contributed by atoms with Crippen molar-refractivity contribution in [3.05, 3.63) is 35.1 Å². The van der Waals surface area contributed by atoms with Crippen LogP contribution in [-0.2, 0) is 16.6 Å². The van der Waals surface area contributed by atoms with Gasteiger partial charge in [-0.2, -0.15) is 28.4 Å². The molecule has 0 amide bonds. The minimum atomic E-state index is -4.80. The predicted molar refractivity (Wildman–Crippen MR) is 79.4 cm³/mol. The fourth-order valence-electron chi connectivity index (χ4n) is 2.79. The van der Waals surface area contributed by atoms with Crippen LogP contribution in [0, 0.1) is 6.92 Å². The Labute approximate surface area is 140 Å². The third-order valence-electron chi connectivity index (χ3n) is 3.72. The van der Waals surface area contributed by atoms with Crippen LogP contribution in [0.4, 0.5) is 19.1 Å². The van der Waals surface area contributed by atoms with Crippen molar-refractivity contribution in [1.29, 1.82) is 0 Å². The van der Waals surface area contributed by atoms with Gasteiger partial charge in [-0.1, -0.05) is 0 Å². The topological polar surface area (TPSA) is 86.9 Å². The number of anilines is 1. The van der Waals surface area contributed by atoms with E-state index in [0.717, 1.165) is 6.33 Å². The van der Waals surface area contributed by atoms with Crippen LogP contribution in [0.25, 0.3) is 0 Å². The van der Waals surface area contributed by atoms with Crippen LogP contribution < -0.4 is 5.32 Å². The highest BCUT2D eigenvalue weighted by atomic mass is 19.4. The van der Waals surface area contributed by atoms with Crippen molar-refractivity contribution in [3.8, 4) is 0 Å². The molecule has 134 valence electrons. The normalized spacial score (nSPS) is 17.3. The molecule has 0 aromatic carbocycles. The Balaban J connectivity index is 2.28. The molecule has 0 unspecified atom stereocenters. The van der Waals surface area contributed by atoms with Crippen molar-refractivity contribution in [3.63, 3.8) is 0 Å². The van der Waals surface area contributed by atoms with Crippen molar-refractivity contribution in [2.24, 2.45) is 7.05 Å². The Morgan fingerprint density at radius 1 is 1.44 bits per heavy atom. The van der Waals surface area contributed by atoms with E-state index in [1.165, 1.54) is 16.3 Å². The molecule has 0 spiro atoms. The zero-order valence-corrected chi connectivity index (χ0v) is 13.6. The number of aryl methyl sites for hydroxylation is 2. The first kappa shape index (κ1) is 17.0. The highest BCUT2D eigenvalue weighted by Gasteiger charge is 2.47. The van der Waals surface area contributed by atoms with Gasteiger partial charge >= 0.3 is 12.1 Å². The van der Waals surface area contributed by atoms with Gasteiger partial charge in [0.2, 0.25) is 5.95 Å². The van der Waals surface area contributed by atoms with E-state index in [2.05, 4.69) is 20.5 Å². The number of hydrogen-bond acceptors (Lipinski definition) is 6. The van der Waals surface area contributed by atoms with Crippen LogP contribution in [0.5, 0.6) is 0 Å². The van der Waals surface area contributed by atoms with Crippen molar-refractivity contribution >= 4 is 11.9 Å². The standard InChI is InChI=1S/C14H15F3N6O2/c1-4-25-12(24)9-10(8-5-22(3)21-7(8)2)23-13(18-6-19-23)20-11(9)14(15,16)17/h5-6,10H,4H2,1-3H3,(H,18,19,20)/t10-/m0/s1. The van der Waals surface area contributed by atoms with Gasteiger partial charge in [0.15, 0.2) is 0 Å². The summed E-state index contributed by atoms with van der Waals surface area (Å²) in [6, 6.07) is -1.15. The summed E-state index contributed by atoms with van der Waals surface area (Å²) in [7, 11) is 1.64. The monoisotopic (exact) mass is 356 g/mol. The highest BCUT2D eigenvalue weighted by Crippen LogP contribution is 2.41. The fourth-order valence-corrected chi connectivity index (χ4v) is 2.79. The lowest BCUT2D eigenvalue weighted by molar-refractivity contribution is -0.140. The van der Waals surface area contributed by atoms with Crippen molar-refractivity contribution in [2.75, 3.05) is 11.9 Å². The van der Waals surface area contributed by atoms with Gasteiger partial charge in [0.1, 0.15) is 18.1 Å². The van der Waals surface area contributed by atoms with Crippen LogP contribution in [0.15, 0.2) is 23.8 Å². The van der Waals surface area contributed by atoms with Crippen LogP contribution >= 0.6 is 0 Å². The molecular formula is C14H15F3N6O2. The van der Waals surface area contributed by atoms with Crippen LogP contribution in [0.2, 0.25) is 0 Å². The summed E-state index contributed by atoms with van der Waals surface area (Å²) in [5, 5.41) is 10.3. The van der Waals surface area contributed by atoms with E-state index in [0.29, 0.717) is 11.3 Å². The van der Waals surface area contributed by atoms with Gasteiger partial charge in [0.05, 0.1) is 17.9 Å². The molecule has 0 saturated carbocycles. The summed E-state index contributed by atoms with van der Waals surface area (Å²) in [5.74, 6) is -1.19. The number of hydrogen-bond donors (Lipinski definition) is 1. The number of halogens is 3. The third-order valence-corrected chi connectivity index (χ3v) is 3.72. The van der Waals surface area contributed by atoms with Gasteiger partial charge < -0.3 is 10.1 Å². The third kappa shape index (κ3) is 2.85. The molecule has 1 aliphatic heterocycles. The number of rotatable bonds is 3. The largest absolute Gasteiger partial charge is 0.463 e. The van der Waals surface area contributed by atoms with Crippen molar-refractivity contribution < 1.29 is 22.7 Å².